The number of allylic oxidation sites excluding steroid dienone is 4. The minimum absolute atomic E-state index is 0.852. The molecule has 275 valence electrons. The van der Waals surface area contributed by atoms with E-state index in [0.29, 0.717) is 0 Å². The zero-order valence-corrected chi connectivity index (χ0v) is 35.4. The first-order valence-electron chi connectivity index (χ1n) is 18.9. The molecule has 0 N–H and O–H groups in total. The normalized spacial score (nSPS) is 13.6. The first-order valence-corrected chi connectivity index (χ1v) is 23.8. The van der Waals surface area contributed by atoms with E-state index in [2.05, 4.69) is 247 Å². The van der Waals surface area contributed by atoms with Crippen LogP contribution in [0.4, 0.5) is 0 Å². The maximum Gasteiger partial charge on any atom is -0.000884 e. The van der Waals surface area contributed by atoms with Crippen molar-refractivity contribution < 1.29 is 17.3 Å². The van der Waals surface area contributed by atoms with E-state index in [1.165, 1.54) is 76.3 Å². The van der Waals surface area contributed by atoms with Crippen LogP contribution in [0.2, 0.25) is 0 Å². The summed E-state index contributed by atoms with van der Waals surface area (Å²) in [5.74, 6) is 2.66. The molecule has 2 aliphatic rings. The number of hydrogen-bond donors (Lipinski definition) is 0. The molecule has 0 atom stereocenters. The number of fused-ring (bicyclic) bond motifs is 3. The zero-order chi connectivity index (χ0) is 38.8. The van der Waals surface area contributed by atoms with Gasteiger partial charge in [0.05, 0.1) is 0 Å². The first-order chi connectivity index (χ1) is 28.3. The summed E-state index contributed by atoms with van der Waals surface area (Å²) in [4.78, 5) is 0. The van der Waals surface area contributed by atoms with Crippen LogP contribution in [-0.2, 0) is 17.3 Å². The second-order valence-electron chi connectivity index (χ2n) is 13.5. The average Bonchev–Trinajstić information content (AvgIpc) is 3.78. The van der Waals surface area contributed by atoms with E-state index in [0.717, 1.165) is 0 Å². The molecule has 0 heterocycles. The Hall–Kier alpha value is -4.47. The molecule has 0 bridgehead atoms. The fourth-order valence-corrected chi connectivity index (χ4v) is 12.6. The van der Waals surface area contributed by atoms with Gasteiger partial charge in [-0.15, -0.1) is 0 Å². The van der Waals surface area contributed by atoms with E-state index >= 15 is 0 Å². The Morgan fingerprint density at radius 1 is 0.333 bits per heavy atom. The van der Waals surface area contributed by atoms with Crippen molar-refractivity contribution in [2.75, 3.05) is 0 Å². The van der Waals surface area contributed by atoms with Gasteiger partial charge in [0.15, 0.2) is 0 Å². The maximum absolute atomic E-state index is 4.57. The van der Waals surface area contributed by atoms with Crippen molar-refractivity contribution in [3.8, 4) is 11.1 Å². The molecule has 1 saturated carbocycles. The summed E-state index contributed by atoms with van der Waals surface area (Å²) in [7, 11) is 2.86. The Morgan fingerprint density at radius 2 is 0.649 bits per heavy atom. The van der Waals surface area contributed by atoms with Gasteiger partial charge in [0, 0.05) is 11.8 Å². The summed E-state index contributed by atoms with van der Waals surface area (Å²) in [6.07, 6.45) is 14.7. The molecule has 4 heteroatoms. The third-order valence-electron chi connectivity index (χ3n) is 10.2. The molecule has 57 heavy (non-hydrogen) atoms. The maximum atomic E-state index is 4.57. The monoisotopic (exact) mass is 874 g/mol. The summed E-state index contributed by atoms with van der Waals surface area (Å²) in [6.45, 7) is 0. The molecule has 1 fully saturated rings. The predicted octanol–water partition coefficient (Wildman–Crippen LogP) is 11.8. The van der Waals surface area contributed by atoms with Gasteiger partial charge in [-0.3, -0.25) is 0 Å². The zero-order valence-electron chi connectivity index (χ0n) is 31.1. The van der Waals surface area contributed by atoms with Crippen molar-refractivity contribution in [1.82, 2.24) is 0 Å². The summed E-state index contributed by atoms with van der Waals surface area (Å²) in [5, 5.41) is 13.3. The van der Waals surface area contributed by atoms with Crippen LogP contribution in [0, 0.1) is 31.1 Å². The van der Waals surface area contributed by atoms with Crippen LogP contribution in [-0.4, -0.2) is 0 Å². The van der Waals surface area contributed by atoms with Crippen molar-refractivity contribution in [2.24, 2.45) is 0 Å². The minimum atomic E-state index is -0.852. The van der Waals surface area contributed by atoms with Crippen molar-refractivity contribution >= 4 is 78.9 Å². The molecular weight excluding hydrogens is 835 g/mol. The van der Waals surface area contributed by atoms with Crippen LogP contribution >= 0.6 is 25.5 Å². The first kappa shape index (κ1) is 39.4. The third kappa shape index (κ3) is 8.70. The molecule has 0 amide bonds. The fourth-order valence-electron chi connectivity index (χ4n) is 7.65. The van der Waals surface area contributed by atoms with Crippen LogP contribution in [0.3, 0.4) is 0 Å². The van der Waals surface area contributed by atoms with Crippen LogP contribution in [0.15, 0.2) is 218 Å². The number of rotatable bonds is 7. The van der Waals surface area contributed by atoms with Gasteiger partial charge in [-0.05, 0) is 99.6 Å². The smallest absolute Gasteiger partial charge is 0.000884 e. The van der Waals surface area contributed by atoms with Gasteiger partial charge in [0.1, 0.15) is 0 Å². The predicted molar refractivity (Wildman–Crippen MR) is 248 cm³/mol. The van der Waals surface area contributed by atoms with Crippen molar-refractivity contribution in [3.05, 3.63) is 250 Å². The van der Waals surface area contributed by atoms with Crippen LogP contribution in [0.5, 0.6) is 0 Å². The van der Waals surface area contributed by atoms with E-state index in [1.54, 1.807) is 0 Å². The fraction of sp³-hybridized carbons (Fsp3) is 0. The Labute approximate surface area is 354 Å². The molecule has 0 spiro atoms. The van der Waals surface area contributed by atoms with E-state index < -0.39 is 15.8 Å². The van der Waals surface area contributed by atoms with Crippen LogP contribution in [0.1, 0.15) is 0 Å². The van der Waals surface area contributed by atoms with E-state index in [4.69, 9.17) is 0 Å². The molecule has 0 aliphatic heterocycles. The van der Waals surface area contributed by atoms with Gasteiger partial charge >= 0.3 is 27.0 Å². The largest absolute Gasteiger partial charge is 0.0622 e. The van der Waals surface area contributed by atoms with E-state index in [1.807, 2.05) is 17.3 Å². The summed E-state index contributed by atoms with van der Waals surface area (Å²) >= 11 is 1.82. The van der Waals surface area contributed by atoms with Crippen LogP contribution in [0.25, 0.3) is 32.7 Å². The second-order valence-corrected chi connectivity index (χ2v) is 17.9. The molecule has 0 saturated heterocycles. The molecule has 5 radical (unpaired) electrons. The number of halogens is 1. The summed E-state index contributed by atoms with van der Waals surface area (Å²) in [6, 6.07) is 71.8. The van der Waals surface area contributed by atoms with Crippen molar-refractivity contribution in [3.63, 3.8) is 0 Å². The van der Waals surface area contributed by atoms with E-state index in [9.17, 15) is 0 Å². The van der Waals surface area contributed by atoms with E-state index in [-0.39, 0.29) is 0 Å². The number of hydrogen-bond acceptors (Lipinski definition) is 0. The molecule has 10 rings (SSSR count). The average molecular weight is 874 g/mol. The molecule has 2 aliphatic carbocycles. The van der Waals surface area contributed by atoms with Gasteiger partial charge in [0.2, 0.25) is 0 Å². The third-order valence-corrected chi connectivity index (χ3v) is 15.1. The minimum Gasteiger partial charge on any atom is -0.0622 e. The van der Waals surface area contributed by atoms with Gasteiger partial charge in [-0.25, -0.2) is 0 Å². The topological polar surface area (TPSA) is 0 Å². The molecular formula is C53H39ClP2Ru+. The Balaban J connectivity index is 0.000000359. The molecule has 0 aromatic heterocycles. The Morgan fingerprint density at radius 3 is 1.00 bits per heavy atom. The standard InChI is InChI=1S/C44H32P2.C9H7.ClH.Ru/c1-5-19-35(20-6-1)45(36-21-7-2-8-22-36)41-31-29-33-17-13-15-27-39(33)43(41)44-40-28-16-14-18-34(40)30-32-42(44)46(37-23-9-3-10-24-37)38-25-11-4-12-26-38;1-2-5-9-7-3-6-8(9)4-1;;/h1-32H;1-7H;1H;/q;;;+2/p-1. The molecule has 0 nitrogen and oxygen atoms in total. The summed E-state index contributed by atoms with van der Waals surface area (Å²) < 4.78 is 0. The van der Waals surface area contributed by atoms with Gasteiger partial charge in [0.25, 0.3) is 0 Å². The van der Waals surface area contributed by atoms with Crippen molar-refractivity contribution in [2.45, 2.75) is 0 Å². The van der Waals surface area contributed by atoms with Gasteiger partial charge < -0.3 is 0 Å². The van der Waals surface area contributed by atoms with Gasteiger partial charge in [-0.2, -0.15) is 0 Å². The Kier molecular flexibility index (Phi) is 13.3. The molecule has 0 unspecified atom stereocenters. The SMILES string of the molecule is [CH]1[CH][C]2C=CC=C[C]2[CH]1.[Cl][Ru+].c1ccc(P(c2ccccc2)c2ccc3ccccc3c2-c2c(P(c3ccccc3)c3ccccc3)ccc3ccccc23)cc1. The quantitative estimate of drug-likeness (QED) is 0.111. The van der Waals surface area contributed by atoms with Crippen molar-refractivity contribution in [1.29, 1.82) is 0 Å². The summed E-state index contributed by atoms with van der Waals surface area (Å²) in [5.41, 5.74) is 2.70. The van der Waals surface area contributed by atoms with Gasteiger partial charge in [-0.1, -0.05) is 218 Å². The van der Waals surface area contributed by atoms with Crippen LogP contribution < -0.4 is 31.8 Å². The molecule has 8 aromatic rings. The Bertz CT molecular complexity index is 2330. The molecule has 8 aromatic carbocycles. The second kappa shape index (κ2) is 19.3. The number of benzene rings is 8.